The molecular weight excluding hydrogens is 356 g/mol. The summed E-state index contributed by atoms with van der Waals surface area (Å²) >= 11 is 5.80. The van der Waals surface area contributed by atoms with Crippen LogP contribution in [0.15, 0.2) is 47.6 Å². The monoisotopic (exact) mass is 364 g/mol. The van der Waals surface area contributed by atoms with Crippen LogP contribution in [-0.4, -0.2) is 21.7 Å². The van der Waals surface area contributed by atoms with Gasteiger partial charge in [-0.15, -0.1) is 0 Å². The van der Waals surface area contributed by atoms with Crippen LogP contribution in [-0.2, 0) is 4.84 Å². The van der Waals surface area contributed by atoms with E-state index < -0.39 is 15.8 Å². The predicted molar refractivity (Wildman–Crippen MR) is 87.3 cm³/mol. The van der Waals surface area contributed by atoms with Crippen LogP contribution in [0, 0.1) is 20.2 Å². The van der Waals surface area contributed by atoms with Gasteiger partial charge in [0.05, 0.1) is 20.4 Å². The third kappa shape index (κ3) is 4.26. The molecule has 0 aliphatic rings. The van der Waals surface area contributed by atoms with Crippen molar-refractivity contribution in [3.05, 3.63) is 78.8 Å². The SMILES string of the molecule is N/C(=N/OC(=O)c1ccc([N+](=O)[O-])cc1Cl)c1cccc([N+](=O)[O-])c1. The minimum absolute atomic E-state index is 0.150. The number of hydrogen-bond donors (Lipinski definition) is 1. The van der Waals surface area contributed by atoms with Gasteiger partial charge in [-0.1, -0.05) is 28.9 Å². The summed E-state index contributed by atoms with van der Waals surface area (Å²) in [5.74, 6) is -1.26. The van der Waals surface area contributed by atoms with E-state index in [1.165, 1.54) is 18.2 Å². The average Bonchev–Trinajstić information content (AvgIpc) is 2.59. The number of nitro benzene ring substituents is 2. The molecule has 10 nitrogen and oxygen atoms in total. The number of nitrogens with zero attached hydrogens (tertiary/aromatic N) is 3. The number of nitro groups is 2. The number of oxime groups is 1. The van der Waals surface area contributed by atoms with E-state index in [9.17, 15) is 25.0 Å². The lowest BCUT2D eigenvalue weighted by atomic mass is 10.2. The number of rotatable bonds is 5. The predicted octanol–water partition coefficient (Wildman–Crippen LogP) is 2.63. The van der Waals surface area contributed by atoms with Gasteiger partial charge in [0, 0.05) is 29.8 Å². The number of non-ortho nitro benzene ring substituents is 2. The van der Waals surface area contributed by atoms with Crippen molar-refractivity contribution in [1.29, 1.82) is 0 Å². The number of nitrogens with two attached hydrogens (primary N) is 1. The van der Waals surface area contributed by atoms with Gasteiger partial charge >= 0.3 is 5.97 Å². The first-order chi connectivity index (χ1) is 11.8. The van der Waals surface area contributed by atoms with E-state index in [1.807, 2.05) is 0 Å². The number of halogens is 1. The summed E-state index contributed by atoms with van der Waals surface area (Å²) in [4.78, 5) is 36.6. The van der Waals surface area contributed by atoms with Crippen LogP contribution >= 0.6 is 11.6 Å². The minimum atomic E-state index is -0.992. The molecule has 0 saturated carbocycles. The van der Waals surface area contributed by atoms with Gasteiger partial charge in [0.2, 0.25) is 0 Å². The summed E-state index contributed by atoms with van der Waals surface area (Å²) in [6.45, 7) is 0. The smallest absolute Gasteiger partial charge is 0.367 e. The van der Waals surface area contributed by atoms with E-state index in [0.29, 0.717) is 0 Å². The van der Waals surface area contributed by atoms with Crippen molar-refractivity contribution in [3.8, 4) is 0 Å². The van der Waals surface area contributed by atoms with Gasteiger partial charge in [0.15, 0.2) is 5.84 Å². The Balaban J connectivity index is 2.18. The number of carbonyl (C=O) groups is 1. The van der Waals surface area contributed by atoms with Crippen molar-refractivity contribution < 1.29 is 19.5 Å². The molecule has 2 aromatic rings. The molecule has 25 heavy (non-hydrogen) atoms. The van der Waals surface area contributed by atoms with Gasteiger partial charge in [-0.05, 0) is 6.07 Å². The van der Waals surface area contributed by atoms with Crippen LogP contribution in [0.25, 0.3) is 0 Å². The maximum Gasteiger partial charge on any atom is 0.367 e. The van der Waals surface area contributed by atoms with Crippen LogP contribution < -0.4 is 5.73 Å². The van der Waals surface area contributed by atoms with Gasteiger partial charge in [0.1, 0.15) is 0 Å². The second-order valence-corrected chi connectivity index (χ2v) is 4.99. The van der Waals surface area contributed by atoms with Crippen LogP contribution in [0.4, 0.5) is 11.4 Å². The first-order valence-electron chi connectivity index (χ1n) is 6.53. The molecule has 0 saturated heterocycles. The zero-order chi connectivity index (χ0) is 18.6. The quantitative estimate of drug-likeness (QED) is 0.281. The van der Waals surface area contributed by atoms with Crippen LogP contribution in [0.5, 0.6) is 0 Å². The van der Waals surface area contributed by atoms with E-state index in [4.69, 9.17) is 17.3 Å². The fraction of sp³-hybridized carbons (Fsp3) is 0. The molecule has 0 radical (unpaired) electrons. The molecule has 0 aromatic heterocycles. The second kappa shape index (κ2) is 7.36. The van der Waals surface area contributed by atoms with Crippen LogP contribution in [0.1, 0.15) is 15.9 Å². The maximum atomic E-state index is 11.9. The molecule has 0 bridgehead atoms. The Bertz CT molecular complexity index is 899. The fourth-order valence-corrected chi connectivity index (χ4v) is 2.01. The Hall–Kier alpha value is -3.53. The molecule has 0 atom stereocenters. The third-order valence-electron chi connectivity index (χ3n) is 2.96. The minimum Gasteiger partial charge on any atom is -0.380 e. The van der Waals surface area contributed by atoms with Crippen molar-refractivity contribution in [2.45, 2.75) is 0 Å². The Morgan fingerprint density at radius 2 is 1.72 bits per heavy atom. The van der Waals surface area contributed by atoms with Crippen molar-refractivity contribution >= 4 is 34.8 Å². The molecule has 2 aromatic carbocycles. The molecule has 2 rings (SSSR count). The highest BCUT2D eigenvalue weighted by atomic mass is 35.5. The molecular formula is C14H9ClN4O6. The molecule has 0 heterocycles. The van der Waals surface area contributed by atoms with Crippen LogP contribution in [0.2, 0.25) is 5.02 Å². The Kier molecular flexibility index (Phi) is 5.25. The largest absolute Gasteiger partial charge is 0.380 e. The summed E-state index contributed by atoms with van der Waals surface area (Å²) in [6.07, 6.45) is 0. The van der Waals surface area contributed by atoms with Crippen molar-refractivity contribution in [2.75, 3.05) is 0 Å². The van der Waals surface area contributed by atoms with Crippen molar-refractivity contribution in [2.24, 2.45) is 10.9 Å². The zero-order valence-corrected chi connectivity index (χ0v) is 13.0. The lowest BCUT2D eigenvalue weighted by Crippen LogP contribution is -2.15. The van der Waals surface area contributed by atoms with Gasteiger partial charge in [-0.3, -0.25) is 20.2 Å². The van der Waals surface area contributed by atoms with Gasteiger partial charge < -0.3 is 10.6 Å². The van der Waals surface area contributed by atoms with Gasteiger partial charge in [-0.2, -0.15) is 0 Å². The molecule has 0 spiro atoms. The first-order valence-corrected chi connectivity index (χ1v) is 6.91. The maximum absolute atomic E-state index is 11.9. The molecule has 2 N–H and O–H groups in total. The topological polar surface area (TPSA) is 151 Å². The van der Waals surface area contributed by atoms with Crippen LogP contribution in [0.3, 0.4) is 0 Å². The van der Waals surface area contributed by atoms with E-state index in [2.05, 4.69) is 9.99 Å². The Morgan fingerprint density at radius 3 is 2.32 bits per heavy atom. The number of hydrogen-bond acceptors (Lipinski definition) is 7. The number of benzene rings is 2. The van der Waals surface area contributed by atoms with E-state index in [0.717, 1.165) is 24.3 Å². The summed E-state index contributed by atoms with van der Waals surface area (Å²) in [7, 11) is 0. The Labute approximate surface area is 144 Å². The molecule has 11 heteroatoms. The molecule has 0 aliphatic carbocycles. The second-order valence-electron chi connectivity index (χ2n) is 4.58. The van der Waals surface area contributed by atoms with Crippen molar-refractivity contribution in [3.63, 3.8) is 0 Å². The summed E-state index contributed by atoms with van der Waals surface area (Å²) < 4.78 is 0. The number of amidine groups is 1. The lowest BCUT2D eigenvalue weighted by Gasteiger charge is -2.03. The summed E-state index contributed by atoms with van der Waals surface area (Å²) in [5, 5.41) is 24.6. The average molecular weight is 365 g/mol. The highest BCUT2D eigenvalue weighted by Gasteiger charge is 2.17. The van der Waals surface area contributed by atoms with Gasteiger partial charge in [0.25, 0.3) is 11.4 Å². The molecule has 0 fully saturated rings. The summed E-state index contributed by atoms with van der Waals surface area (Å²) in [5.41, 5.74) is 5.15. The highest BCUT2D eigenvalue weighted by molar-refractivity contribution is 6.33. The van der Waals surface area contributed by atoms with E-state index >= 15 is 0 Å². The first kappa shape index (κ1) is 17.8. The lowest BCUT2D eigenvalue weighted by molar-refractivity contribution is -0.385. The molecule has 0 aliphatic heterocycles. The standard InChI is InChI=1S/C14H9ClN4O6/c15-12-7-10(19(23)24)4-5-11(12)14(20)25-17-13(16)8-2-1-3-9(6-8)18(21)22/h1-7H,(H2,16,17). The highest BCUT2D eigenvalue weighted by Crippen LogP contribution is 2.23. The number of carbonyl (C=O) groups excluding carboxylic acids is 1. The normalized spacial score (nSPS) is 11.0. The molecule has 128 valence electrons. The molecule has 0 unspecified atom stereocenters. The third-order valence-corrected chi connectivity index (χ3v) is 3.28. The van der Waals surface area contributed by atoms with Crippen molar-refractivity contribution in [1.82, 2.24) is 0 Å². The zero-order valence-electron chi connectivity index (χ0n) is 12.3. The summed E-state index contributed by atoms with van der Waals surface area (Å²) in [6, 6.07) is 8.44. The van der Waals surface area contributed by atoms with E-state index in [-0.39, 0.29) is 33.4 Å². The fourth-order valence-electron chi connectivity index (χ4n) is 1.75. The van der Waals surface area contributed by atoms with Gasteiger partial charge in [-0.25, -0.2) is 4.79 Å². The Morgan fingerprint density at radius 1 is 1.08 bits per heavy atom. The molecule has 0 amide bonds. The van der Waals surface area contributed by atoms with E-state index in [1.54, 1.807) is 0 Å².